The molecule has 0 aliphatic heterocycles. The molecular weight excluding hydrogens is 331 g/mol. The molecule has 2 aromatic rings. The molecule has 0 radical (unpaired) electrons. The van der Waals surface area contributed by atoms with Gasteiger partial charge >= 0.3 is 0 Å². The summed E-state index contributed by atoms with van der Waals surface area (Å²) in [5, 5.41) is 5.62. The van der Waals surface area contributed by atoms with Gasteiger partial charge in [0.05, 0.1) is 11.8 Å². The highest BCUT2D eigenvalue weighted by molar-refractivity contribution is 5.92. The number of carbonyl (C=O) groups excluding carboxylic acids is 2. The molecule has 1 aliphatic carbocycles. The zero-order valence-electron chi connectivity index (χ0n) is 14.6. The molecule has 3 rings (SSSR count). The number of amides is 2. The van der Waals surface area contributed by atoms with E-state index in [1.54, 1.807) is 18.2 Å². The molecule has 0 bridgehead atoms. The molecule has 2 N–H and O–H groups in total. The van der Waals surface area contributed by atoms with Crippen molar-refractivity contribution >= 4 is 11.8 Å². The normalized spacial score (nSPS) is 18.2. The van der Waals surface area contributed by atoms with Crippen molar-refractivity contribution in [2.75, 3.05) is 6.54 Å². The summed E-state index contributed by atoms with van der Waals surface area (Å²) in [5.74, 6) is -1.14. The predicted octanol–water partition coefficient (Wildman–Crippen LogP) is 2.83. The molecule has 1 aliphatic rings. The molecule has 1 fully saturated rings. The largest absolute Gasteiger partial charge is 0.356 e. The lowest BCUT2D eigenvalue weighted by atomic mass is 10.1. The van der Waals surface area contributed by atoms with Crippen molar-refractivity contribution in [1.82, 2.24) is 10.6 Å². The molecule has 26 heavy (non-hydrogen) atoms. The van der Waals surface area contributed by atoms with E-state index in [-0.39, 0.29) is 36.0 Å². The van der Waals surface area contributed by atoms with Gasteiger partial charge in [-0.15, -0.1) is 0 Å². The van der Waals surface area contributed by atoms with Crippen LogP contribution in [0.1, 0.15) is 24.0 Å². The fraction of sp³-hybridized carbons (Fsp3) is 0.333. The maximum Gasteiger partial charge on any atom is 0.224 e. The third kappa shape index (κ3) is 4.91. The van der Waals surface area contributed by atoms with Gasteiger partial charge < -0.3 is 10.6 Å². The number of carbonyl (C=O) groups is 2. The smallest absolute Gasteiger partial charge is 0.224 e. The molecule has 1 saturated carbocycles. The lowest BCUT2D eigenvalue weighted by Gasteiger charge is -2.07. The topological polar surface area (TPSA) is 58.2 Å². The van der Waals surface area contributed by atoms with E-state index in [9.17, 15) is 14.0 Å². The Morgan fingerprint density at radius 3 is 2.31 bits per heavy atom. The highest BCUT2D eigenvalue weighted by atomic mass is 19.1. The van der Waals surface area contributed by atoms with Crippen molar-refractivity contribution in [1.29, 1.82) is 0 Å². The van der Waals surface area contributed by atoms with Gasteiger partial charge in [0.15, 0.2) is 0 Å². The Bertz CT molecular complexity index is 764. The summed E-state index contributed by atoms with van der Waals surface area (Å²) in [5.41, 5.74) is 1.70. The van der Waals surface area contributed by atoms with Crippen LogP contribution in [-0.4, -0.2) is 18.4 Å². The van der Waals surface area contributed by atoms with Gasteiger partial charge in [-0.3, -0.25) is 9.59 Å². The van der Waals surface area contributed by atoms with Gasteiger partial charge in [0.25, 0.3) is 0 Å². The van der Waals surface area contributed by atoms with Crippen LogP contribution >= 0.6 is 0 Å². The van der Waals surface area contributed by atoms with E-state index in [0.29, 0.717) is 18.5 Å². The van der Waals surface area contributed by atoms with E-state index in [1.165, 1.54) is 11.6 Å². The van der Waals surface area contributed by atoms with Gasteiger partial charge in [-0.05, 0) is 30.9 Å². The number of halogens is 1. The van der Waals surface area contributed by atoms with Crippen LogP contribution in [0.2, 0.25) is 0 Å². The Labute approximate surface area is 152 Å². The predicted molar refractivity (Wildman–Crippen MR) is 97.6 cm³/mol. The Morgan fingerprint density at radius 2 is 1.58 bits per heavy atom. The van der Waals surface area contributed by atoms with Crippen LogP contribution in [0.3, 0.4) is 0 Å². The van der Waals surface area contributed by atoms with Crippen LogP contribution in [0.15, 0.2) is 54.6 Å². The molecule has 0 aromatic heterocycles. The van der Waals surface area contributed by atoms with Gasteiger partial charge in [0.2, 0.25) is 11.8 Å². The van der Waals surface area contributed by atoms with Gasteiger partial charge in [-0.25, -0.2) is 4.39 Å². The maximum absolute atomic E-state index is 13.5. The Balaban J connectivity index is 1.34. The lowest BCUT2D eigenvalue weighted by Crippen LogP contribution is -2.30. The van der Waals surface area contributed by atoms with E-state index < -0.39 is 0 Å². The molecule has 5 heteroatoms. The summed E-state index contributed by atoms with van der Waals surface area (Å²) in [7, 11) is 0. The van der Waals surface area contributed by atoms with Crippen molar-refractivity contribution in [3.63, 3.8) is 0 Å². The van der Waals surface area contributed by atoms with Crippen molar-refractivity contribution in [2.24, 2.45) is 11.8 Å². The molecule has 2 aromatic carbocycles. The first-order valence-electron chi connectivity index (χ1n) is 8.98. The summed E-state index contributed by atoms with van der Waals surface area (Å²) in [4.78, 5) is 24.2. The monoisotopic (exact) mass is 354 g/mol. The average molecular weight is 354 g/mol. The fourth-order valence-corrected chi connectivity index (χ4v) is 3.01. The standard InChI is InChI=1S/C21H23FN2O2/c22-19-11-5-4-10-16(19)14-24-21(26)18-13-17(18)20(25)23-12-6-9-15-7-2-1-3-8-15/h1-5,7-8,10-11,17-18H,6,9,12-14H2,(H,23,25)(H,24,26). The van der Waals surface area contributed by atoms with Crippen LogP contribution in [0, 0.1) is 17.7 Å². The Hall–Kier alpha value is -2.69. The Kier molecular flexibility index (Phi) is 6.00. The Morgan fingerprint density at radius 1 is 0.923 bits per heavy atom. The highest BCUT2D eigenvalue weighted by Gasteiger charge is 2.47. The zero-order valence-corrected chi connectivity index (χ0v) is 14.6. The molecule has 0 heterocycles. The van der Waals surface area contributed by atoms with E-state index in [1.807, 2.05) is 18.2 Å². The summed E-state index contributed by atoms with van der Waals surface area (Å²) < 4.78 is 13.5. The van der Waals surface area contributed by atoms with E-state index in [2.05, 4.69) is 22.8 Å². The van der Waals surface area contributed by atoms with E-state index in [4.69, 9.17) is 0 Å². The van der Waals surface area contributed by atoms with Gasteiger partial charge in [0.1, 0.15) is 5.82 Å². The van der Waals surface area contributed by atoms with Gasteiger partial charge in [0, 0.05) is 18.7 Å². The molecule has 2 atom stereocenters. The third-order valence-electron chi connectivity index (χ3n) is 4.66. The van der Waals surface area contributed by atoms with Crippen LogP contribution < -0.4 is 10.6 Å². The quantitative estimate of drug-likeness (QED) is 0.716. The number of rotatable bonds is 8. The molecule has 2 amide bonds. The van der Waals surface area contributed by atoms with E-state index >= 15 is 0 Å². The van der Waals surface area contributed by atoms with Crippen molar-refractivity contribution in [2.45, 2.75) is 25.8 Å². The van der Waals surface area contributed by atoms with Crippen LogP contribution in [0.4, 0.5) is 4.39 Å². The second-order valence-electron chi connectivity index (χ2n) is 6.64. The number of aryl methyl sites for hydroxylation is 1. The van der Waals surface area contributed by atoms with Crippen LogP contribution in [-0.2, 0) is 22.6 Å². The third-order valence-corrected chi connectivity index (χ3v) is 4.66. The van der Waals surface area contributed by atoms with Crippen molar-refractivity contribution in [3.05, 3.63) is 71.5 Å². The molecular formula is C21H23FN2O2. The van der Waals surface area contributed by atoms with Gasteiger partial charge in [-0.1, -0.05) is 48.5 Å². The lowest BCUT2D eigenvalue weighted by molar-refractivity contribution is -0.127. The second-order valence-corrected chi connectivity index (χ2v) is 6.64. The number of hydrogen-bond donors (Lipinski definition) is 2. The first-order chi connectivity index (χ1) is 12.6. The molecule has 0 spiro atoms. The zero-order chi connectivity index (χ0) is 18.4. The first kappa shape index (κ1) is 18.1. The number of hydrogen-bond acceptors (Lipinski definition) is 2. The average Bonchev–Trinajstić information content (AvgIpc) is 3.46. The molecule has 4 nitrogen and oxygen atoms in total. The highest BCUT2D eigenvalue weighted by Crippen LogP contribution is 2.38. The molecule has 0 saturated heterocycles. The summed E-state index contributed by atoms with van der Waals surface area (Å²) in [6.07, 6.45) is 2.35. The minimum atomic E-state index is -0.337. The number of benzene rings is 2. The maximum atomic E-state index is 13.5. The van der Waals surface area contributed by atoms with Crippen molar-refractivity contribution in [3.8, 4) is 0 Å². The summed E-state index contributed by atoms with van der Waals surface area (Å²) in [6, 6.07) is 16.5. The fourth-order valence-electron chi connectivity index (χ4n) is 3.01. The van der Waals surface area contributed by atoms with Gasteiger partial charge in [-0.2, -0.15) is 0 Å². The summed E-state index contributed by atoms with van der Waals surface area (Å²) in [6.45, 7) is 0.751. The van der Waals surface area contributed by atoms with Crippen molar-refractivity contribution < 1.29 is 14.0 Å². The number of nitrogens with one attached hydrogen (secondary N) is 2. The minimum absolute atomic E-state index is 0.0656. The van der Waals surface area contributed by atoms with Crippen LogP contribution in [0.25, 0.3) is 0 Å². The SMILES string of the molecule is O=C(NCCCc1ccccc1)C1CC1C(=O)NCc1ccccc1F. The molecule has 2 unspecified atom stereocenters. The van der Waals surface area contributed by atoms with E-state index in [0.717, 1.165) is 12.8 Å². The summed E-state index contributed by atoms with van der Waals surface area (Å²) >= 11 is 0. The first-order valence-corrected chi connectivity index (χ1v) is 8.98. The second kappa shape index (κ2) is 8.61. The minimum Gasteiger partial charge on any atom is -0.356 e. The molecule has 136 valence electrons. The van der Waals surface area contributed by atoms with Crippen LogP contribution in [0.5, 0.6) is 0 Å².